The van der Waals surface area contributed by atoms with Gasteiger partial charge in [-0.15, -0.1) is 0 Å². The Kier molecular flexibility index (Phi) is 4.73. The topological polar surface area (TPSA) is 55.1 Å². The molecule has 1 aromatic carbocycles. The highest BCUT2D eigenvalue weighted by Gasteiger charge is 2.04. The van der Waals surface area contributed by atoms with Crippen LogP contribution >= 0.6 is 11.3 Å². The van der Waals surface area contributed by atoms with Crippen LogP contribution in [0, 0.1) is 11.8 Å². The standard InChI is InChI=1S/C15H14N2OS/c16-8-1-2-12-3-5-13(6-4-12)10-17-15(18)14-7-9-19-11-14/h3-7,9,11H,8,10,16H2,(H,17,18). The van der Waals surface area contributed by atoms with Crippen molar-refractivity contribution >= 4 is 17.2 Å². The fourth-order valence-corrected chi connectivity index (χ4v) is 2.17. The van der Waals surface area contributed by atoms with Crippen LogP contribution in [0.3, 0.4) is 0 Å². The number of hydrogen-bond donors (Lipinski definition) is 2. The Bertz CT molecular complexity index is 591. The van der Waals surface area contributed by atoms with Crippen LogP contribution in [0.5, 0.6) is 0 Å². The van der Waals surface area contributed by atoms with Crippen molar-refractivity contribution < 1.29 is 4.79 Å². The van der Waals surface area contributed by atoms with E-state index in [0.29, 0.717) is 18.7 Å². The van der Waals surface area contributed by atoms with E-state index in [4.69, 9.17) is 5.73 Å². The number of carbonyl (C=O) groups excluding carboxylic acids is 1. The first-order valence-electron chi connectivity index (χ1n) is 5.88. The van der Waals surface area contributed by atoms with Crippen molar-refractivity contribution in [3.05, 3.63) is 57.8 Å². The predicted molar refractivity (Wildman–Crippen MR) is 77.9 cm³/mol. The number of hydrogen-bond acceptors (Lipinski definition) is 3. The van der Waals surface area contributed by atoms with Gasteiger partial charge in [0.2, 0.25) is 0 Å². The van der Waals surface area contributed by atoms with Gasteiger partial charge in [-0.1, -0.05) is 24.0 Å². The first kappa shape index (κ1) is 13.3. The summed E-state index contributed by atoms with van der Waals surface area (Å²) in [6, 6.07) is 9.57. The largest absolute Gasteiger partial charge is 0.348 e. The van der Waals surface area contributed by atoms with E-state index in [9.17, 15) is 4.79 Å². The summed E-state index contributed by atoms with van der Waals surface area (Å²) in [5.41, 5.74) is 7.99. The average molecular weight is 270 g/mol. The van der Waals surface area contributed by atoms with Gasteiger partial charge in [-0.05, 0) is 29.1 Å². The van der Waals surface area contributed by atoms with Gasteiger partial charge in [0.1, 0.15) is 0 Å². The molecule has 0 unspecified atom stereocenters. The molecule has 0 saturated carbocycles. The van der Waals surface area contributed by atoms with Gasteiger partial charge in [-0.2, -0.15) is 11.3 Å². The Morgan fingerprint density at radius 3 is 2.68 bits per heavy atom. The molecule has 0 atom stereocenters. The molecule has 4 heteroatoms. The Labute approximate surface area is 116 Å². The van der Waals surface area contributed by atoms with Crippen molar-refractivity contribution in [2.75, 3.05) is 6.54 Å². The van der Waals surface area contributed by atoms with Gasteiger partial charge in [0.25, 0.3) is 5.91 Å². The zero-order valence-corrected chi connectivity index (χ0v) is 11.2. The molecule has 96 valence electrons. The van der Waals surface area contributed by atoms with E-state index < -0.39 is 0 Å². The van der Waals surface area contributed by atoms with Crippen LogP contribution in [0.4, 0.5) is 0 Å². The normalized spacial score (nSPS) is 9.53. The number of thiophene rings is 1. The zero-order chi connectivity index (χ0) is 13.5. The van der Waals surface area contributed by atoms with Crippen molar-refractivity contribution in [2.45, 2.75) is 6.54 Å². The number of amides is 1. The summed E-state index contributed by atoms with van der Waals surface area (Å²) in [6.45, 7) is 0.873. The summed E-state index contributed by atoms with van der Waals surface area (Å²) >= 11 is 1.51. The minimum Gasteiger partial charge on any atom is -0.348 e. The molecule has 0 fully saturated rings. The SMILES string of the molecule is NCC#Cc1ccc(CNC(=O)c2ccsc2)cc1. The van der Waals surface area contributed by atoms with Crippen molar-refractivity contribution in [2.24, 2.45) is 5.73 Å². The fraction of sp³-hybridized carbons (Fsp3) is 0.133. The summed E-state index contributed by atoms with van der Waals surface area (Å²) in [7, 11) is 0. The maximum Gasteiger partial charge on any atom is 0.252 e. The van der Waals surface area contributed by atoms with E-state index in [1.807, 2.05) is 41.1 Å². The molecule has 2 rings (SSSR count). The van der Waals surface area contributed by atoms with E-state index >= 15 is 0 Å². The molecular formula is C15H14N2OS. The van der Waals surface area contributed by atoms with Gasteiger partial charge in [0, 0.05) is 23.1 Å². The molecule has 3 nitrogen and oxygen atoms in total. The predicted octanol–water partition coefficient (Wildman–Crippen LogP) is 1.99. The summed E-state index contributed by atoms with van der Waals surface area (Å²) < 4.78 is 0. The van der Waals surface area contributed by atoms with E-state index in [1.165, 1.54) is 11.3 Å². The molecule has 0 saturated heterocycles. The van der Waals surface area contributed by atoms with Gasteiger partial charge in [-0.3, -0.25) is 4.79 Å². The molecular weight excluding hydrogens is 256 g/mol. The third-order valence-corrected chi connectivity index (χ3v) is 3.21. The highest BCUT2D eigenvalue weighted by atomic mass is 32.1. The molecule has 0 aliphatic rings. The van der Waals surface area contributed by atoms with Gasteiger partial charge in [-0.25, -0.2) is 0 Å². The Hall–Kier alpha value is -2.09. The van der Waals surface area contributed by atoms with Gasteiger partial charge >= 0.3 is 0 Å². The minimum absolute atomic E-state index is 0.0479. The smallest absolute Gasteiger partial charge is 0.252 e. The maximum atomic E-state index is 11.7. The maximum absolute atomic E-state index is 11.7. The molecule has 1 amide bonds. The second-order valence-electron chi connectivity index (χ2n) is 3.90. The molecule has 0 aliphatic carbocycles. The molecule has 1 heterocycles. The number of nitrogens with two attached hydrogens (primary N) is 1. The molecule has 0 bridgehead atoms. The second kappa shape index (κ2) is 6.74. The zero-order valence-electron chi connectivity index (χ0n) is 10.3. The third kappa shape index (κ3) is 3.95. The summed E-state index contributed by atoms with van der Waals surface area (Å²) in [5.74, 6) is 5.71. The lowest BCUT2D eigenvalue weighted by molar-refractivity contribution is 0.0951. The first-order chi connectivity index (χ1) is 9.29. The quantitative estimate of drug-likeness (QED) is 0.838. The van der Waals surface area contributed by atoms with Crippen molar-refractivity contribution in [1.29, 1.82) is 0 Å². The van der Waals surface area contributed by atoms with Crippen LogP contribution < -0.4 is 11.1 Å². The van der Waals surface area contributed by atoms with Crippen molar-refractivity contribution in [3.8, 4) is 11.8 Å². The molecule has 19 heavy (non-hydrogen) atoms. The van der Waals surface area contributed by atoms with Crippen LogP contribution in [0.2, 0.25) is 0 Å². The average Bonchev–Trinajstić information content (AvgIpc) is 2.98. The molecule has 2 aromatic rings. The van der Waals surface area contributed by atoms with Gasteiger partial charge < -0.3 is 11.1 Å². The fourth-order valence-electron chi connectivity index (χ4n) is 1.54. The molecule has 0 aliphatic heterocycles. The summed E-state index contributed by atoms with van der Waals surface area (Å²) in [5, 5.41) is 6.60. The van der Waals surface area contributed by atoms with E-state index in [2.05, 4.69) is 17.2 Å². The monoisotopic (exact) mass is 270 g/mol. The van der Waals surface area contributed by atoms with Gasteiger partial charge in [0.05, 0.1) is 6.54 Å². The minimum atomic E-state index is -0.0479. The van der Waals surface area contributed by atoms with E-state index in [0.717, 1.165) is 11.1 Å². The molecule has 0 spiro atoms. The summed E-state index contributed by atoms with van der Waals surface area (Å²) in [6.07, 6.45) is 0. The van der Waals surface area contributed by atoms with Crippen LogP contribution in [-0.2, 0) is 6.54 Å². The van der Waals surface area contributed by atoms with Gasteiger partial charge in [0.15, 0.2) is 0 Å². The van der Waals surface area contributed by atoms with Crippen LogP contribution in [-0.4, -0.2) is 12.5 Å². The third-order valence-electron chi connectivity index (χ3n) is 2.53. The lowest BCUT2D eigenvalue weighted by Crippen LogP contribution is -2.22. The Morgan fingerprint density at radius 1 is 1.26 bits per heavy atom. The highest BCUT2D eigenvalue weighted by molar-refractivity contribution is 7.08. The highest BCUT2D eigenvalue weighted by Crippen LogP contribution is 2.07. The lowest BCUT2D eigenvalue weighted by atomic mass is 10.1. The first-order valence-corrected chi connectivity index (χ1v) is 6.82. The van der Waals surface area contributed by atoms with Crippen LogP contribution in [0.15, 0.2) is 41.1 Å². The molecule has 3 N–H and O–H groups in total. The lowest BCUT2D eigenvalue weighted by Gasteiger charge is -2.04. The summed E-state index contributed by atoms with van der Waals surface area (Å²) in [4.78, 5) is 11.7. The molecule has 1 aromatic heterocycles. The second-order valence-corrected chi connectivity index (χ2v) is 4.68. The Balaban J connectivity index is 1.91. The van der Waals surface area contributed by atoms with Crippen molar-refractivity contribution in [3.63, 3.8) is 0 Å². The van der Waals surface area contributed by atoms with Crippen LogP contribution in [0.25, 0.3) is 0 Å². The molecule has 0 radical (unpaired) electrons. The number of carbonyl (C=O) groups is 1. The number of rotatable bonds is 3. The Morgan fingerprint density at radius 2 is 2.05 bits per heavy atom. The number of nitrogens with one attached hydrogen (secondary N) is 1. The number of benzene rings is 1. The van der Waals surface area contributed by atoms with Crippen molar-refractivity contribution in [1.82, 2.24) is 5.32 Å². The van der Waals surface area contributed by atoms with E-state index in [1.54, 1.807) is 0 Å². The van der Waals surface area contributed by atoms with Crippen LogP contribution in [0.1, 0.15) is 21.5 Å². The van der Waals surface area contributed by atoms with E-state index in [-0.39, 0.29) is 5.91 Å².